The van der Waals surface area contributed by atoms with Crippen LogP contribution in [0.5, 0.6) is 0 Å². The average Bonchev–Trinajstić information content (AvgIpc) is 4.13. The number of imide groups is 1. The molecule has 3 aromatic carbocycles. The number of hydrogen-bond donors (Lipinski definition) is 3. The molecule has 0 bridgehead atoms. The molecule has 5 aromatic rings. The van der Waals surface area contributed by atoms with Gasteiger partial charge in [-0.1, -0.05) is 24.3 Å². The molecule has 3 fully saturated rings. The fourth-order valence-electron chi connectivity index (χ4n) is 9.87. The minimum absolute atomic E-state index is 0.0570. The summed E-state index contributed by atoms with van der Waals surface area (Å²) in [7, 11) is 0. The highest BCUT2D eigenvalue weighted by Gasteiger charge is 2.42. The first kappa shape index (κ1) is 41.5. The van der Waals surface area contributed by atoms with E-state index < -0.39 is 29.7 Å². The van der Waals surface area contributed by atoms with Gasteiger partial charge in [0.1, 0.15) is 11.9 Å². The molecular formula is C47H49FN10O5S. The van der Waals surface area contributed by atoms with Gasteiger partial charge in [0.15, 0.2) is 11.2 Å². The Kier molecular flexibility index (Phi) is 11.4. The van der Waals surface area contributed by atoms with Crippen LogP contribution in [0.4, 0.5) is 20.9 Å². The number of aromatic nitrogens is 3. The van der Waals surface area contributed by atoms with Crippen molar-refractivity contribution >= 4 is 57.4 Å². The summed E-state index contributed by atoms with van der Waals surface area (Å²) in [6.45, 7) is 5.38. The van der Waals surface area contributed by atoms with Crippen molar-refractivity contribution in [3.8, 4) is 11.1 Å². The minimum Gasteiger partial charge on any atom is -0.374 e. The number of piperidine rings is 2. The van der Waals surface area contributed by atoms with Crippen molar-refractivity contribution in [1.82, 2.24) is 34.6 Å². The first-order chi connectivity index (χ1) is 31.1. The fraction of sp³-hybridized carbons (Fsp3) is 0.383. The lowest BCUT2D eigenvalue weighted by atomic mass is 9.89. The Bertz CT molecular complexity index is 2600. The second-order valence-corrected chi connectivity index (χ2v) is 18.2. The predicted octanol–water partition coefficient (Wildman–Crippen LogP) is 5.17. The summed E-state index contributed by atoms with van der Waals surface area (Å²) in [6, 6.07) is 17.7. The molecule has 0 aliphatic carbocycles. The molecule has 330 valence electrons. The molecule has 0 saturated carbocycles. The van der Waals surface area contributed by atoms with Crippen LogP contribution in [0.15, 0.2) is 78.6 Å². The Morgan fingerprint density at radius 1 is 0.891 bits per heavy atom. The number of halogens is 1. The molecule has 5 amide bonds. The Morgan fingerprint density at radius 3 is 2.47 bits per heavy atom. The number of piperazine rings is 1. The van der Waals surface area contributed by atoms with Crippen LogP contribution in [0.1, 0.15) is 76.9 Å². The van der Waals surface area contributed by atoms with Crippen LogP contribution in [0.3, 0.4) is 0 Å². The number of carbonyl (C=O) groups is 5. The number of anilines is 3. The van der Waals surface area contributed by atoms with E-state index in [4.69, 9.17) is 0 Å². The molecular weight excluding hydrogens is 836 g/mol. The maximum atomic E-state index is 16.0. The van der Waals surface area contributed by atoms with E-state index in [1.165, 1.54) is 27.9 Å². The van der Waals surface area contributed by atoms with Gasteiger partial charge >= 0.3 is 0 Å². The van der Waals surface area contributed by atoms with Crippen LogP contribution in [0, 0.1) is 5.82 Å². The minimum atomic E-state index is -1.05. The molecule has 0 spiro atoms. The third-order valence-electron chi connectivity index (χ3n) is 13.4. The van der Waals surface area contributed by atoms with Crippen LogP contribution in [-0.4, -0.2) is 111 Å². The number of imidazole rings is 1. The maximum absolute atomic E-state index is 16.0. The van der Waals surface area contributed by atoms with E-state index in [1.54, 1.807) is 24.0 Å². The molecule has 3 saturated heterocycles. The summed E-state index contributed by atoms with van der Waals surface area (Å²) in [5.41, 5.74) is 6.32. The Balaban J connectivity index is 0.730. The van der Waals surface area contributed by atoms with E-state index in [-0.39, 0.29) is 35.4 Å². The van der Waals surface area contributed by atoms with Gasteiger partial charge in [0.2, 0.25) is 17.7 Å². The lowest BCUT2D eigenvalue weighted by Gasteiger charge is -2.38. The van der Waals surface area contributed by atoms with E-state index in [0.29, 0.717) is 67.9 Å². The van der Waals surface area contributed by atoms with Crippen LogP contribution >= 0.6 is 11.3 Å². The second kappa shape index (κ2) is 17.6. The average molecular weight is 885 g/mol. The molecule has 5 aliphatic rings. The molecule has 3 N–H and O–H groups in total. The van der Waals surface area contributed by atoms with Crippen molar-refractivity contribution in [3.05, 3.63) is 112 Å². The van der Waals surface area contributed by atoms with Gasteiger partial charge in [0, 0.05) is 78.9 Å². The molecule has 0 radical (unpaired) electrons. The number of fused-ring (bicyclic) bond motifs is 2. The van der Waals surface area contributed by atoms with Gasteiger partial charge in [-0.05, 0) is 104 Å². The molecule has 2 aromatic heterocycles. The SMILES string of the molecule is O=C1CCC(Nc2cccc(C3CCN(CC(=O)N4CCN(c5ccc(-c6cc(F)c7c(c6)C(=O)N(C(C(=O)Nc6nccs6)c6ncn8c6CCC8)C7)cc5)CC4)CC3)c2)C(=O)N1. The van der Waals surface area contributed by atoms with Gasteiger partial charge in [-0.25, -0.2) is 14.4 Å². The normalized spacial score (nSPS) is 19.7. The topological polar surface area (TPSA) is 165 Å². The van der Waals surface area contributed by atoms with Gasteiger partial charge < -0.3 is 24.6 Å². The highest BCUT2D eigenvalue weighted by atomic mass is 32.1. The molecule has 17 heteroatoms. The lowest BCUT2D eigenvalue weighted by molar-refractivity contribution is -0.134. The van der Waals surface area contributed by atoms with Crippen molar-refractivity contribution in [2.75, 3.05) is 61.3 Å². The standard InChI is InChI=1S/C47H49FN10O5S/c48-37-25-32(24-35-36(37)26-58(46(35)63)43(45(62)53-47-49-14-22-64-47)42-39-5-2-15-57(39)28-50-42)29-6-8-34(9-7-29)55-18-20-56(21-19-55)41(60)27-54-16-12-30(13-17-54)31-3-1-4-33(23-31)51-38-10-11-40(59)52-44(38)61/h1,3-4,6-9,14,22-25,28,30,38,43,51H,2,5,10-13,15-21,26-27H2,(H,49,53,62)(H,52,59,61). The largest absolute Gasteiger partial charge is 0.374 e. The number of thiazole rings is 1. The Labute approximate surface area is 373 Å². The highest BCUT2D eigenvalue weighted by Crippen LogP contribution is 2.38. The van der Waals surface area contributed by atoms with Crippen LogP contribution in [0.25, 0.3) is 11.1 Å². The van der Waals surface area contributed by atoms with E-state index >= 15 is 4.39 Å². The summed E-state index contributed by atoms with van der Waals surface area (Å²) in [4.78, 5) is 81.9. The second-order valence-electron chi connectivity index (χ2n) is 17.3. The molecule has 2 atom stereocenters. The smallest absolute Gasteiger partial charge is 0.255 e. The van der Waals surface area contributed by atoms with E-state index in [0.717, 1.165) is 67.9 Å². The first-order valence-electron chi connectivity index (χ1n) is 22.1. The van der Waals surface area contributed by atoms with Gasteiger partial charge in [0.25, 0.3) is 11.8 Å². The molecule has 15 nitrogen and oxygen atoms in total. The van der Waals surface area contributed by atoms with Gasteiger partial charge in [0.05, 0.1) is 25.1 Å². The first-order valence-corrected chi connectivity index (χ1v) is 23.0. The summed E-state index contributed by atoms with van der Waals surface area (Å²) in [5, 5.41) is 10.7. The van der Waals surface area contributed by atoms with Crippen LogP contribution in [-0.2, 0) is 38.7 Å². The van der Waals surface area contributed by atoms with Crippen molar-refractivity contribution in [2.24, 2.45) is 0 Å². The summed E-state index contributed by atoms with van der Waals surface area (Å²) >= 11 is 1.28. The number of benzene rings is 3. The molecule has 2 unspecified atom stereocenters. The maximum Gasteiger partial charge on any atom is 0.255 e. The lowest BCUT2D eigenvalue weighted by Crippen LogP contribution is -2.51. The zero-order chi connectivity index (χ0) is 43.9. The Morgan fingerprint density at radius 2 is 1.70 bits per heavy atom. The predicted molar refractivity (Wildman–Crippen MR) is 239 cm³/mol. The zero-order valence-electron chi connectivity index (χ0n) is 35.3. The summed E-state index contributed by atoms with van der Waals surface area (Å²) in [5.74, 6) is -1.38. The summed E-state index contributed by atoms with van der Waals surface area (Å²) < 4.78 is 18.0. The third-order valence-corrected chi connectivity index (χ3v) is 14.1. The summed E-state index contributed by atoms with van der Waals surface area (Å²) in [6.07, 6.45) is 7.64. The molecule has 5 aliphatic heterocycles. The van der Waals surface area contributed by atoms with Crippen molar-refractivity contribution in [2.45, 2.75) is 69.6 Å². The van der Waals surface area contributed by atoms with Crippen molar-refractivity contribution in [3.63, 3.8) is 0 Å². The molecule has 10 rings (SSSR count). The van der Waals surface area contributed by atoms with E-state index in [9.17, 15) is 24.0 Å². The zero-order valence-corrected chi connectivity index (χ0v) is 36.1. The van der Waals surface area contributed by atoms with E-state index in [2.05, 4.69) is 47.9 Å². The number of likely N-dealkylation sites (tertiary alicyclic amines) is 1. The monoisotopic (exact) mass is 884 g/mol. The third kappa shape index (κ3) is 8.36. The van der Waals surface area contributed by atoms with E-state index in [1.807, 2.05) is 45.9 Å². The van der Waals surface area contributed by atoms with Crippen molar-refractivity contribution < 1.29 is 28.4 Å². The number of nitrogens with zero attached hydrogens (tertiary/aromatic N) is 7. The number of aryl methyl sites for hydroxylation is 1. The fourth-order valence-corrected chi connectivity index (χ4v) is 10.4. The number of amides is 5. The number of nitrogens with one attached hydrogen (secondary N) is 3. The Hall–Kier alpha value is -6.46. The number of carbonyl (C=O) groups excluding carboxylic acids is 5. The van der Waals surface area contributed by atoms with Gasteiger partial charge in [-0.2, -0.15) is 0 Å². The van der Waals surface area contributed by atoms with Crippen LogP contribution in [0.2, 0.25) is 0 Å². The quantitative estimate of drug-likeness (QED) is 0.151. The highest BCUT2D eigenvalue weighted by molar-refractivity contribution is 7.13. The molecule has 7 heterocycles. The van der Waals surface area contributed by atoms with Gasteiger partial charge in [-0.3, -0.25) is 39.5 Å². The van der Waals surface area contributed by atoms with Crippen molar-refractivity contribution in [1.29, 1.82) is 0 Å². The van der Waals surface area contributed by atoms with Gasteiger partial charge in [-0.15, -0.1) is 11.3 Å². The number of rotatable bonds is 11. The van der Waals surface area contributed by atoms with Crippen LogP contribution < -0.4 is 20.9 Å². The number of hydrogen-bond acceptors (Lipinski definition) is 11. The molecule has 64 heavy (non-hydrogen) atoms.